The number of oxazole rings is 1. The Balaban J connectivity index is 1.62. The highest BCUT2D eigenvalue weighted by molar-refractivity contribution is 7.81. The number of aryl methyl sites for hydroxylation is 1. The average molecular weight is 389 g/mol. The number of rotatable bonds is 2. The van der Waals surface area contributed by atoms with Crippen molar-refractivity contribution in [2.45, 2.75) is 31.7 Å². The van der Waals surface area contributed by atoms with Gasteiger partial charge < -0.3 is 14.2 Å². The molecule has 1 spiro atoms. The van der Waals surface area contributed by atoms with Gasteiger partial charge in [-0.25, -0.2) is 4.98 Å². The third-order valence-corrected chi connectivity index (χ3v) is 5.93. The zero-order valence-electron chi connectivity index (χ0n) is 15.0. The molecule has 0 radical (unpaired) electrons. The molecule has 1 amide bonds. The standard InChI is InChI=1S/C20H15N5O2S/c1-12-8-14(10-22-17(12)21-2)24-18(26)20(6-3-7-20)25(19(24)28)13-4-5-15-16(9-13)27-11-23-15/h4-5,8-11H,3,6-7H2,1H3. The lowest BCUT2D eigenvalue weighted by atomic mass is 9.75. The van der Waals surface area contributed by atoms with Crippen LogP contribution in [0.15, 0.2) is 41.3 Å². The summed E-state index contributed by atoms with van der Waals surface area (Å²) in [6, 6.07) is 7.45. The molecule has 3 heterocycles. The minimum Gasteiger partial charge on any atom is -0.443 e. The first-order chi connectivity index (χ1) is 13.5. The minimum absolute atomic E-state index is 0.0434. The fourth-order valence-electron chi connectivity index (χ4n) is 3.98. The van der Waals surface area contributed by atoms with E-state index in [1.165, 1.54) is 6.39 Å². The van der Waals surface area contributed by atoms with E-state index in [1.54, 1.807) is 17.2 Å². The van der Waals surface area contributed by atoms with Crippen LogP contribution in [-0.4, -0.2) is 26.5 Å². The van der Waals surface area contributed by atoms with Gasteiger partial charge in [0.1, 0.15) is 17.3 Å². The Morgan fingerprint density at radius 1 is 1.25 bits per heavy atom. The number of carbonyl (C=O) groups is 1. The summed E-state index contributed by atoms with van der Waals surface area (Å²) in [5.74, 6) is 0.283. The molecule has 1 aliphatic heterocycles. The topological polar surface area (TPSA) is 66.8 Å². The van der Waals surface area contributed by atoms with Crippen molar-refractivity contribution in [2.75, 3.05) is 9.80 Å². The van der Waals surface area contributed by atoms with Crippen LogP contribution in [-0.2, 0) is 4.79 Å². The molecule has 1 aromatic carbocycles. The van der Waals surface area contributed by atoms with E-state index >= 15 is 0 Å². The number of pyridine rings is 1. The van der Waals surface area contributed by atoms with Crippen molar-refractivity contribution in [2.24, 2.45) is 0 Å². The molecule has 2 aliphatic rings. The number of benzene rings is 1. The summed E-state index contributed by atoms with van der Waals surface area (Å²) >= 11 is 5.76. The SMILES string of the molecule is [C-]#[N+]c1ncc(N2C(=O)C3(CCC3)N(c3ccc4ncoc4c3)C2=S)cc1C. The molecule has 5 rings (SSSR count). The van der Waals surface area contributed by atoms with Crippen molar-refractivity contribution < 1.29 is 9.21 Å². The van der Waals surface area contributed by atoms with Crippen molar-refractivity contribution in [3.05, 3.63) is 53.8 Å². The Morgan fingerprint density at radius 3 is 2.75 bits per heavy atom. The number of carbonyl (C=O) groups excluding carboxylic acids is 1. The van der Waals surface area contributed by atoms with Crippen molar-refractivity contribution in [3.8, 4) is 0 Å². The molecular formula is C20H15N5O2S. The predicted octanol–water partition coefficient (Wildman–Crippen LogP) is 4.14. The number of thiocarbonyl (C=S) groups is 1. The third-order valence-electron chi connectivity index (χ3n) is 5.57. The molecule has 0 atom stereocenters. The summed E-state index contributed by atoms with van der Waals surface area (Å²) in [5, 5.41) is 0.417. The molecule has 138 valence electrons. The molecule has 1 saturated heterocycles. The first-order valence-electron chi connectivity index (χ1n) is 8.91. The fourth-order valence-corrected chi connectivity index (χ4v) is 4.45. The van der Waals surface area contributed by atoms with Gasteiger partial charge in [0.25, 0.3) is 11.7 Å². The number of hydrogen-bond acceptors (Lipinski definition) is 5. The molecule has 2 aromatic heterocycles. The van der Waals surface area contributed by atoms with Gasteiger partial charge in [0.05, 0.1) is 5.69 Å². The van der Waals surface area contributed by atoms with Crippen LogP contribution in [0, 0.1) is 13.5 Å². The number of fused-ring (bicyclic) bond motifs is 1. The summed E-state index contributed by atoms with van der Waals surface area (Å²) in [4.78, 5) is 28.7. The molecule has 0 N–H and O–H groups in total. The van der Waals surface area contributed by atoms with E-state index in [1.807, 2.05) is 30.0 Å². The quantitative estimate of drug-likeness (QED) is 0.485. The Kier molecular flexibility index (Phi) is 3.51. The van der Waals surface area contributed by atoms with E-state index in [9.17, 15) is 4.79 Å². The van der Waals surface area contributed by atoms with Gasteiger partial charge in [-0.1, -0.05) is 6.57 Å². The van der Waals surface area contributed by atoms with E-state index in [0.29, 0.717) is 27.8 Å². The van der Waals surface area contributed by atoms with Crippen LogP contribution < -0.4 is 9.80 Å². The Hall–Kier alpha value is -3.31. The average Bonchev–Trinajstić information content (AvgIpc) is 3.20. The predicted molar refractivity (Wildman–Crippen MR) is 108 cm³/mol. The van der Waals surface area contributed by atoms with E-state index in [2.05, 4.69) is 14.8 Å². The van der Waals surface area contributed by atoms with Gasteiger partial charge in [-0.2, -0.15) is 0 Å². The highest BCUT2D eigenvalue weighted by Crippen LogP contribution is 2.48. The van der Waals surface area contributed by atoms with Gasteiger partial charge in [0, 0.05) is 11.8 Å². The molecule has 7 nitrogen and oxygen atoms in total. The number of anilines is 2. The maximum absolute atomic E-state index is 13.5. The van der Waals surface area contributed by atoms with Crippen LogP contribution in [0.3, 0.4) is 0 Å². The van der Waals surface area contributed by atoms with Crippen LogP contribution in [0.4, 0.5) is 17.2 Å². The summed E-state index contributed by atoms with van der Waals surface area (Å²) in [7, 11) is 0. The van der Waals surface area contributed by atoms with Gasteiger partial charge >= 0.3 is 0 Å². The zero-order valence-corrected chi connectivity index (χ0v) is 15.9. The van der Waals surface area contributed by atoms with Crippen molar-refractivity contribution in [1.82, 2.24) is 9.97 Å². The second kappa shape index (κ2) is 5.84. The van der Waals surface area contributed by atoms with Crippen molar-refractivity contribution in [3.63, 3.8) is 0 Å². The van der Waals surface area contributed by atoms with Crippen LogP contribution in [0.5, 0.6) is 0 Å². The zero-order chi connectivity index (χ0) is 19.5. The van der Waals surface area contributed by atoms with Crippen LogP contribution in [0.2, 0.25) is 0 Å². The van der Waals surface area contributed by atoms with Gasteiger partial charge in [0.15, 0.2) is 17.1 Å². The van der Waals surface area contributed by atoms with Crippen LogP contribution in [0.1, 0.15) is 24.8 Å². The number of amides is 1. The number of nitrogens with zero attached hydrogens (tertiary/aromatic N) is 5. The molecule has 28 heavy (non-hydrogen) atoms. The molecule has 1 saturated carbocycles. The molecule has 3 aromatic rings. The maximum atomic E-state index is 13.5. The summed E-state index contributed by atoms with van der Waals surface area (Å²) < 4.78 is 5.44. The first-order valence-corrected chi connectivity index (χ1v) is 9.32. The lowest BCUT2D eigenvalue weighted by molar-refractivity contribution is -0.123. The second-order valence-electron chi connectivity index (χ2n) is 7.09. The molecular weight excluding hydrogens is 374 g/mol. The first kappa shape index (κ1) is 16.8. The van der Waals surface area contributed by atoms with Crippen molar-refractivity contribution >= 4 is 51.5 Å². The summed E-state index contributed by atoms with van der Waals surface area (Å²) in [5.41, 5.74) is 2.86. The third kappa shape index (κ3) is 2.14. The van der Waals surface area contributed by atoms with E-state index in [4.69, 9.17) is 23.2 Å². The van der Waals surface area contributed by atoms with Gasteiger partial charge in [-0.3, -0.25) is 9.69 Å². The normalized spacial score (nSPS) is 18.0. The largest absolute Gasteiger partial charge is 0.443 e. The highest BCUT2D eigenvalue weighted by atomic mass is 32.1. The van der Waals surface area contributed by atoms with E-state index < -0.39 is 5.54 Å². The summed E-state index contributed by atoms with van der Waals surface area (Å²) in [6.45, 7) is 8.98. The molecule has 0 unspecified atom stereocenters. The van der Waals surface area contributed by atoms with E-state index in [-0.39, 0.29) is 5.91 Å². The molecule has 0 bridgehead atoms. The maximum Gasteiger partial charge on any atom is 0.272 e. The lowest BCUT2D eigenvalue weighted by Crippen LogP contribution is -2.55. The monoisotopic (exact) mass is 389 g/mol. The Bertz CT molecular complexity index is 1190. The lowest BCUT2D eigenvalue weighted by Gasteiger charge is -2.42. The minimum atomic E-state index is -0.669. The second-order valence-corrected chi connectivity index (χ2v) is 7.46. The summed E-state index contributed by atoms with van der Waals surface area (Å²) in [6.07, 6.45) is 5.39. The smallest absolute Gasteiger partial charge is 0.272 e. The molecule has 8 heteroatoms. The molecule has 1 aliphatic carbocycles. The fraction of sp³-hybridized carbons (Fsp3) is 0.250. The Morgan fingerprint density at radius 2 is 2.07 bits per heavy atom. The number of hydrogen-bond donors (Lipinski definition) is 0. The van der Waals surface area contributed by atoms with Crippen LogP contribution >= 0.6 is 12.2 Å². The van der Waals surface area contributed by atoms with E-state index in [0.717, 1.165) is 30.5 Å². The highest BCUT2D eigenvalue weighted by Gasteiger charge is 2.59. The van der Waals surface area contributed by atoms with Crippen LogP contribution in [0.25, 0.3) is 15.9 Å². The Labute approximate surface area is 166 Å². The van der Waals surface area contributed by atoms with Gasteiger partial charge in [0.2, 0.25) is 0 Å². The van der Waals surface area contributed by atoms with Gasteiger partial charge in [-0.15, -0.1) is 4.98 Å². The number of aromatic nitrogens is 2. The molecule has 2 fully saturated rings. The van der Waals surface area contributed by atoms with Crippen molar-refractivity contribution in [1.29, 1.82) is 0 Å². The van der Waals surface area contributed by atoms with Gasteiger partial charge in [-0.05, 0) is 62.2 Å².